The van der Waals surface area contributed by atoms with Crippen LogP contribution in [-0.4, -0.2) is 9.97 Å². The molecule has 0 fully saturated rings. The number of hydrogen-bond acceptors (Lipinski definition) is 4. The van der Waals surface area contributed by atoms with E-state index in [1.165, 1.54) is 16.7 Å². The average Bonchev–Trinajstić information content (AvgIpc) is 3.84. The summed E-state index contributed by atoms with van der Waals surface area (Å²) in [5, 5.41) is 8.74. The Hall–Kier alpha value is -7.56. The van der Waals surface area contributed by atoms with E-state index >= 15 is 0 Å². The van der Waals surface area contributed by atoms with Crippen molar-refractivity contribution in [1.82, 2.24) is 9.97 Å². The van der Waals surface area contributed by atoms with Gasteiger partial charge in [-0.2, -0.15) is 0 Å². The summed E-state index contributed by atoms with van der Waals surface area (Å²) in [6, 6.07) is 61.7. The van der Waals surface area contributed by atoms with Gasteiger partial charge in [0.25, 0.3) is 0 Å². The molecule has 0 radical (unpaired) electrons. The van der Waals surface area contributed by atoms with E-state index in [1.807, 2.05) is 30.5 Å². The van der Waals surface area contributed by atoms with Crippen LogP contribution in [0.2, 0.25) is 0 Å². The summed E-state index contributed by atoms with van der Waals surface area (Å²) in [7, 11) is 0. The molecular formula is C52H30N2O2. The monoisotopic (exact) mass is 714 g/mol. The Labute approximate surface area is 320 Å². The number of furan rings is 2. The van der Waals surface area contributed by atoms with Gasteiger partial charge in [-0.05, 0) is 75.0 Å². The highest BCUT2D eigenvalue weighted by Crippen LogP contribution is 2.45. The van der Waals surface area contributed by atoms with Crippen molar-refractivity contribution in [3.05, 3.63) is 182 Å². The fourth-order valence-corrected chi connectivity index (χ4v) is 8.61. The van der Waals surface area contributed by atoms with Gasteiger partial charge in [0.1, 0.15) is 22.3 Å². The van der Waals surface area contributed by atoms with Gasteiger partial charge in [-0.3, -0.25) is 4.98 Å². The first-order chi connectivity index (χ1) is 27.7. The van der Waals surface area contributed by atoms with Gasteiger partial charge >= 0.3 is 0 Å². The van der Waals surface area contributed by atoms with Crippen LogP contribution in [0, 0.1) is 0 Å². The van der Waals surface area contributed by atoms with E-state index in [1.54, 1.807) is 0 Å². The smallest absolute Gasteiger partial charge is 0.147 e. The van der Waals surface area contributed by atoms with Crippen LogP contribution in [0.4, 0.5) is 0 Å². The summed E-state index contributed by atoms with van der Waals surface area (Å²) in [4.78, 5) is 10.6. The summed E-state index contributed by atoms with van der Waals surface area (Å²) < 4.78 is 13.2. The lowest BCUT2D eigenvalue weighted by molar-refractivity contribution is 0.658. The number of aromatic nitrogens is 2. The van der Waals surface area contributed by atoms with Gasteiger partial charge in [-0.15, -0.1) is 0 Å². The van der Waals surface area contributed by atoms with Crippen LogP contribution in [0.3, 0.4) is 0 Å². The van der Waals surface area contributed by atoms with E-state index in [9.17, 15) is 0 Å². The number of benzene rings is 9. The largest absolute Gasteiger partial charge is 0.455 e. The molecule has 0 aliphatic carbocycles. The Kier molecular flexibility index (Phi) is 6.60. The van der Waals surface area contributed by atoms with Crippen molar-refractivity contribution in [3.63, 3.8) is 0 Å². The first-order valence-corrected chi connectivity index (χ1v) is 18.9. The Morgan fingerprint density at radius 3 is 1.45 bits per heavy atom. The fourth-order valence-electron chi connectivity index (χ4n) is 8.61. The molecule has 3 aromatic heterocycles. The molecule has 0 atom stereocenters. The lowest BCUT2D eigenvalue weighted by atomic mass is 9.93. The molecule has 56 heavy (non-hydrogen) atoms. The topological polar surface area (TPSA) is 52.1 Å². The molecule has 9 aromatic carbocycles. The first kappa shape index (κ1) is 30.9. The van der Waals surface area contributed by atoms with Gasteiger partial charge in [-0.25, -0.2) is 4.98 Å². The zero-order chi connectivity index (χ0) is 36.7. The van der Waals surface area contributed by atoms with Crippen molar-refractivity contribution in [3.8, 4) is 44.6 Å². The molecule has 0 aliphatic heterocycles. The van der Waals surface area contributed by atoms with Gasteiger partial charge in [0, 0.05) is 37.9 Å². The molecule has 0 bridgehead atoms. The van der Waals surface area contributed by atoms with Gasteiger partial charge in [0.15, 0.2) is 0 Å². The van der Waals surface area contributed by atoms with E-state index in [0.717, 1.165) is 104 Å². The molecule has 0 unspecified atom stereocenters. The summed E-state index contributed by atoms with van der Waals surface area (Å²) in [5.41, 5.74) is 13.4. The number of hydrogen-bond donors (Lipinski definition) is 0. The van der Waals surface area contributed by atoms with Crippen LogP contribution in [-0.2, 0) is 0 Å². The summed E-state index contributed by atoms with van der Waals surface area (Å²) in [5.74, 6) is 0. The molecule has 0 aliphatic rings. The normalized spacial score (nSPS) is 11.9. The van der Waals surface area contributed by atoms with Crippen molar-refractivity contribution < 1.29 is 8.83 Å². The van der Waals surface area contributed by atoms with Crippen molar-refractivity contribution in [1.29, 1.82) is 0 Å². The minimum atomic E-state index is 0.797. The van der Waals surface area contributed by atoms with E-state index < -0.39 is 0 Å². The molecule has 0 N–H and O–H groups in total. The SMILES string of the molecule is c1ccc(-c2ccc3c(c2)c2cc(-c4ccccc4)ccc2c2nc(-c4cccc(-c5c6oc7ccccc7c6cc6c5oc5ccccc56)c4)cnc32)cc1. The highest BCUT2D eigenvalue weighted by molar-refractivity contribution is 6.25. The van der Waals surface area contributed by atoms with Crippen molar-refractivity contribution >= 4 is 76.5 Å². The number of fused-ring (bicyclic) bond motifs is 12. The van der Waals surface area contributed by atoms with Crippen LogP contribution in [0.1, 0.15) is 0 Å². The average molecular weight is 715 g/mol. The maximum absolute atomic E-state index is 6.62. The summed E-state index contributed by atoms with van der Waals surface area (Å²) in [6.45, 7) is 0. The second kappa shape index (κ2) is 12.0. The Morgan fingerprint density at radius 2 is 0.839 bits per heavy atom. The predicted molar refractivity (Wildman–Crippen MR) is 231 cm³/mol. The molecule has 0 amide bonds. The van der Waals surface area contributed by atoms with Crippen LogP contribution in [0.15, 0.2) is 191 Å². The fraction of sp³-hybridized carbons (Fsp3) is 0. The maximum atomic E-state index is 6.62. The number of nitrogens with zero attached hydrogens (tertiary/aromatic N) is 2. The van der Waals surface area contributed by atoms with Crippen LogP contribution < -0.4 is 0 Å². The highest BCUT2D eigenvalue weighted by atomic mass is 16.3. The third-order valence-corrected chi connectivity index (χ3v) is 11.3. The number of rotatable bonds is 4. The Morgan fingerprint density at radius 1 is 0.321 bits per heavy atom. The van der Waals surface area contributed by atoms with E-state index in [0.29, 0.717) is 0 Å². The molecule has 260 valence electrons. The molecule has 4 nitrogen and oxygen atoms in total. The third-order valence-electron chi connectivity index (χ3n) is 11.3. The molecule has 0 saturated heterocycles. The molecule has 12 rings (SSSR count). The predicted octanol–water partition coefficient (Wildman–Crippen LogP) is 14.4. The maximum Gasteiger partial charge on any atom is 0.147 e. The van der Waals surface area contributed by atoms with Gasteiger partial charge < -0.3 is 8.83 Å². The van der Waals surface area contributed by atoms with Crippen molar-refractivity contribution in [2.24, 2.45) is 0 Å². The van der Waals surface area contributed by atoms with Gasteiger partial charge in [-0.1, -0.05) is 140 Å². The van der Waals surface area contributed by atoms with E-state index in [2.05, 4.69) is 152 Å². The summed E-state index contributed by atoms with van der Waals surface area (Å²) >= 11 is 0. The lowest BCUT2D eigenvalue weighted by Gasteiger charge is -2.14. The van der Waals surface area contributed by atoms with Crippen LogP contribution in [0.25, 0.3) is 121 Å². The zero-order valence-electron chi connectivity index (χ0n) is 30.0. The van der Waals surface area contributed by atoms with Crippen LogP contribution >= 0.6 is 0 Å². The Bertz CT molecular complexity index is 3440. The second-order valence-electron chi connectivity index (χ2n) is 14.5. The molecule has 12 aromatic rings. The molecule has 0 spiro atoms. The molecule has 4 heteroatoms. The van der Waals surface area contributed by atoms with Crippen LogP contribution in [0.5, 0.6) is 0 Å². The second-order valence-corrected chi connectivity index (χ2v) is 14.5. The minimum Gasteiger partial charge on any atom is -0.455 e. The van der Waals surface area contributed by atoms with Gasteiger partial charge in [0.05, 0.1) is 28.5 Å². The standard InChI is InChI=1S/C52H30N2O2/c1-3-12-31(13-4-1)33-22-24-39-41(27-33)42-28-34(32-14-5-2-6-15-32)23-25-40(42)50-49(39)53-30-45(54-50)35-16-11-17-36(26-35)48-51-43(37-18-7-9-20-46(37)55-51)29-44-38-19-8-10-21-47(38)56-52(44)48/h1-30H. The van der Waals surface area contributed by atoms with E-state index in [-0.39, 0.29) is 0 Å². The number of para-hydroxylation sites is 2. The van der Waals surface area contributed by atoms with E-state index in [4.69, 9.17) is 18.8 Å². The quantitative estimate of drug-likeness (QED) is 0.170. The van der Waals surface area contributed by atoms with Gasteiger partial charge in [0.2, 0.25) is 0 Å². The van der Waals surface area contributed by atoms with Crippen molar-refractivity contribution in [2.75, 3.05) is 0 Å². The lowest BCUT2D eigenvalue weighted by Crippen LogP contribution is -1.93. The molecule has 3 heterocycles. The van der Waals surface area contributed by atoms with Crippen molar-refractivity contribution in [2.45, 2.75) is 0 Å². The molecule has 0 saturated carbocycles. The Balaban J connectivity index is 1.09. The highest BCUT2D eigenvalue weighted by Gasteiger charge is 2.22. The summed E-state index contributed by atoms with van der Waals surface area (Å²) in [6.07, 6.45) is 1.91. The molecular weight excluding hydrogens is 685 g/mol. The first-order valence-electron chi connectivity index (χ1n) is 18.9. The third kappa shape index (κ3) is 4.66. The minimum absolute atomic E-state index is 0.797. The zero-order valence-corrected chi connectivity index (χ0v) is 30.0.